The number of rotatable bonds is 5. The molecule has 7 nitrogen and oxygen atoms in total. The van der Waals surface area contributed by atoms with Gasteiger partial charge in [0.2, 0.25) is 17.8 Å². The minimum Gasteiger partial charge on any atom is -0.341 e. The summed E-state index contributed by atoms with van der Waals surface area (Å²) < 4.78 is 0. The Kier molecular flexibility index (Phi) is 4.87. The molecule has 2 heterocycles. The maximum Gasteiger partial charge on any atom is 0.246 e. The molecule has 0 spiro atoms. The fraction of sp³-hybridized carbons (Fsp3) is 0.438. The highest BCUT2D eigenvalue weighted by Gasteiger charge is 2.17. The molecule has 0 aliphatic carbocycles. The minimum atomic E-state index is 0.488. The second kappa shape index (κ2) is 7.23. The van der Waals surface area contributed by atoms with Crippen molar-refractivity contribution in [2.45, 2.75) is 26.2 Å². The van der Waals surface area contributed by atoms with Crippen molar-refractivity contribution in [2.75, 3.05) is 34.9 Å². The van der Waals surface area contributed by atoms with Crippen LogP contribution in [-0.4, -0.2) is 34.6 Å². The van der Waals surface area contributed by atoms with Crippen molar-refractivity contribution in [3.8, 4) is 0 Å². The van der Waals surface area contributed by atoms with E-state index in [1.54, 1.807) is 0 Å². The first-order valence-corrected chi connectivity index (χ1v) is 8.11. The second-order valence-corrected chi connectivity index (χ2v) is 5.58. The van der Waals surface area contributed by atoms with Gasteiger partial charge in [0.05, 0.1) is 0 Å². The molecule has 1 aromatic heterocycles. The van der Waals surface area contributed by atoms with Crippen molar-refractivity contribution < 1.29 is 0 Å². The van der Waals surface area contributed by atoms with Crippen LogP contribution in [0.2, 0.25) is 0 Å². The minimum absolute atomic E-state index is 0.488. The molecule has 7 heteroatoms. The highest BCUT2D eigenvalue weighted by Crippen LogP contribution is 2.21. The molecule has 0 unspecified atom stereocenters. The summed E-state index contributed by atoms with van der Waals surface area (Å²) in [6, 6.07) is 9.87. The van der Waals surface area contributed by atoms with E-state index < -0.39 is 0 Å². The van der Waals surface area contributed by atoms with Crippen molar-refractivity contribution in [3.05, 3.63) is 30.3 Å². The zero-order valence-corrected chi connectivity index (χ0v) is 13.4. The summed E-state index contributed by atoms with van der Waals surface area (Å²) in [6.07, 6.45) is 3.60. The lowest BCUT2D eigenvalue weighted by Gasteiger charge is -2.27. The molecule has 3 rings (SSSR count). The van der Waals surface area contributed by atoms with Crippen molar-refractivity contribution in [1.29, 1.82) is 0 Å². The lowest BCUT2D eigenvalue weighted by atomic mass is 10.1. The van der Waals surface area contributed by atoms with Crippen LogP contribution >= 0.6 is 0 Å². The number of para-hydroxylation sites is 1. The third-order valence-electron chi connectivity index (χ3n) is 3.88. The lowest BCUT2D eigenvalue weighted by Crippen LogP contribution is -2.35. The Balaban J connectivity index is 1.90. The second-order valence-electron chi connectivity index (χ2n) is 5.58. The molecule has 0 saturated carbocycles. The lowest BCUT2D eigenvalue weighted by molar-refractivity contribution is 0.567. The number of nitrogens with one attached hydrogen (secondary N) is 1. The highest BCUT2D eigenvalue weighted by atomic mass is 15.5. The van der Waals surface area contributed by atoms with Gasteiger partial charge < -0.3 is 10.2 Å². The molecule has 0 radical (unpaired) electrons. The molecule has 1 aromatic carbocycles. The molecular weight excluding hydrogens is 290 g/mol. The molecular formula is C16H23N7. The van der Waals surface area contributed by atoms with E-state index >= 15 is 0 Å². The van der Waals surface area contributed by atoms with Crippen LogP contribution in [0.25, 0.3) is 0 Å². The zero-order valence-electron chi connectivity index (χ0n) is 13.4. The summed E-state index contributed by atoms with van der Waals surface area (Å²) in [7, 11) is 0. The van der Waals surface area contributed by atoms with E-state index in [4.69, 9.17) is 5.84 Å². The molecule has 122 valence electrons. The zero-order chi connectivity index (χ0) is 16.1. The van der Waals surface area contributed by atoms with Crippen LogP contribution in [-0.2, 0) is 0 Å². The molecule has 2 aromatic rings. The van der Waals surface area contributed by atoms with Crippen LogP contribution in [0.1, 0.15) is 26.2 Å². The molecule has 0 atom stereocenters. The summed E-state index contributed by atoms with van der Waals surface area (Å²) in [5, 5.41) is 4.76. The number of nitrogens with two attached hydrogens (primary N) is 1. The van der Waals surface area contributed by atoms with Gasteiger partial charge in [-0.15, -0.1) is 0 Å². The van der Waals surface area contributed by atoms with E-state index in [0.29, 0.717) is 24.4 Å². The quantitative estimate of drug-likeness (QED) is 0.647. The number of anilines is 4. The molecule has 1 saturated heterocycles. The predicted molar refractivity (Wildman–Crippen MR) is 92.8 cm³/mol. The van der Waals surface area contributed by atoms with Crippen molar-refractivity contribution in [2.24, 2.45) is 5.84 Å². The van der Waals surface area contributed by atoms with E-state index in [-0.39, 0.29) is 0 Å². The summed E-state index contributed by atoms with van der Waals surface area (Å²) in [5.74, 6) is 7.69. The van der Waals surface area contributed by atoms with Crippen LogP contribution in [0.4, 0.5) is 23.5 Å². The largest absolute Gasteiger partial charge is 0.341 e. The van der Waals surface area contributed by atoms with Crippen LogP contribution in [0.5, 0.6) is 0 Å². The Bertz CT molecular complexity index is 626. The van der Waals surface area contributed by atoms with Gasteiger partial charge in [-0.25, -0.2) is 5.84 Å². The molecule has 0 bridgehead atoms. The number of hydrazine groups is 1. The first-order chi connectivity index (χ1) is 11.3. The summed E-state index contributed by atoms with van der Waals surface area (Å²) in [5.41, 5.74) is 0.939. The van der Waals surface area contributed by atoms with Crippen LogP contribution in [0.15, 0.2) is 30.3 Å². The van der Waals surface area contributed by atoms with Gasteiger partial charge in [0.15, 0.2) is 0 Å². The molecule has 3 N–H and O–H groups in total. The number of piperidine rings is 1. The highest BCUT2D eigenvalue weighted by molar-refractivity contribution is 5.55. The molecule has 1 fully saturated rings. The molecule has 1 aliphatic heterocycles. The van der Waals surface area contributed by atoms with Gasteiger partial charge >= 0.3 is 0 Å². The third kappa shape index (κ3) is 3.87. The topological polar surface area (TPSA) is 83.2 Å². The monoisotopic (exact) mass is 313 g/mol. The van der Waals surface area contributed by atoms with Gasteiger partial charge in [0, 0.05) is 25.3 Å². The van der Waals surface area contributed by atoms with Gasteiger partial charge in [-0.05, 0) is 38.3 Å². The van der Waals surface area contributed by atoms with E-state index in [0.717, 1.165) is 18.8 Å². The predicted octanol–water partition coefficient (Wildman–Crippen LogP) is 2.31. The Labute approximate surface area is 136 Å². The molecule has 1 aliphatic rings. The Morgan fingerprint density at radius 1 is 1.09 bits per heavy atom. The maximum atomic E-state index is 5.99. The van der Waals surface area contributed by atoms with Gasteiger partial charge in [-0.2, -0.15) is 15.0 Å². The third-order valence-corrected chi connectivity index (χ3v) is 3.88. The number of aromatic nitrogens is 3. The van der Waals surface area contributed by atoms with Gasteiger partial charge in [-0.1, -0.05) is 18.2 Å². The van der Waals surface area contributed by atoms with Gasteiger partial charge in [0.25, 0.3) is 0 Å². The van der Waals surface area contributed by atoms with Crippen molar-refractivity contribution in [1.82, 2.24) is 15.0 Å². The number of benzene rings is 1. The smallest absolute Gasteiger partial charge is 0.246 e. The molecule has 23 heavy (non-hydrogen) atoms. The first-order valence-electron chi connectivity index (χ1n) is 8.11. The average molecular weight is 313 g/mol. The van der Waals surface area contributed by atoms with Gasteiger partial charge in [0.1, 0.15) is 0 Å². The Hall–Kier alpha value is -2.41. The Morgan fingerprint density at radius 3 is 2.52 bits per heavy atom. The summed E-state index contributed by atoms with van der Waals surface area (Å²) >= 11 is 0. The standard InChI is InChI=1S/C16H23N7/c1-2-23(17)16-20-14(18-13-9-5-3-6-10-13)19-15(21-16)22-11-7-4-8-12-22/h3,5-6,9-10H,2,4,7-8,11-12,17H2,1H3,(H,18,19,20,21). The van der Waals surface area contributed by atoms with Crippen molar-refractivity contribution in [3.63, 3.8) is 0 Å². The summed E-state index contributed by atoms with van der Waals surface area (Å²) in [4.78, 5) is 15.8. The average Bonchev–Trinajstić information content (AvgIpc) is 2.62. The SMILES string of the molecule is CCN(N)c1nc(Nc2ccccc2)nc(N2CCCCC2)n1. The van der Waals surface area contributed by atoms with Crippen LogP contribution < -0.4 is 21.1 Å². The molecule has 0 amide bonds. The Morgan fingerprint density at radius 2 is 1.83 bits per heavy atom. The number of hydrogen-bond donors (Lipinski definition) is 2. The van der Waals surface area contributed by atoms with Crippen LogP contribution in [0.3, 0.4) is 0 Å². The summed E-state index contributed by atoms with van der Waals surface area (Å²) in [6.45, 7) is 4.55. The fourth-order valence-electron chi connectivity index (χ4n) is 2.57. The van der Waals surface area contributed by atoms with E-state index in [1.165, 1.54) is 24.3 Å². The fourth-order valence-corrected chi connectivity index (χ4v) is 2.57. The van der Waals surface area contributed by atoms with E-state index in [1.807, 2.05) is 37.3 Å². The van der Waals surface area contributed by atoms with Crippen molar-refractivity contribution >= 4 is 23.5 Å². The number of hydrogen-bond acceptors (Lipinski definition) is 7. The van der Waals surface area contributed by atoms with Gasteiger partial charge in [-0.3, -0.25) is 5.01 Å². The number of nitrogens with zero attached hydrogens (tertiary/aromatic N) is 5. The first kappa shape index (κ1) is 15.5. The maximum absolute atomic E-state index is 5.99. The van der Waals surface area contributed by atoms with Crippen LogP contribution in [0, 0.1) is 0 Å². The normalized spacial score (nSPS) is 14.6. The van der Waals surface area contributed by atoms with E-state index in [2.05, 4.69) is 25.2 Å². The van der Waals surface area contributed by atoms with E-state index in [9.17, 15) is 0 Å².